The van der Waals surface area contributed by atoms with Crippen molar-refractivity contribution in [3.05, 3.63) is 0 Å². The molecular formula is C3H6BBrO2-2. The molecule has 4 heteroatoms. The van der Waals surface area contributed by atoms with Crippen molar-refractivity contribution in [1.29, 1.82) is 0 Å². The van der Waals surface area contributed by atoms with Crippen molar-refractivity contribution >= 4 is 23.0 Å². The van der Waals surface area contributed by atoms with Crippen molar-refractivity contribution in [1.82, 2.24) is 0 Å². The molecule has 0 saturated carbocycles. The zero-order valence-electron chi connectivity index (χ0n) is 4.06. The van der Waals surface area contributed by atoms with Crippen LogP contribution in [0.5, 0.6) is 0 Å². The minimum Gasteiger partial charge on any atom is -0.892 e. The average Bonchev–Trinajstić information content (AvgIpc) is 1.65. The highest BCUT2D eigenvalue weighted by molar-refractivity contribution is 9.10. The highest BCUT2D eigenvalue weighted by Gasteiger charge is 1.91. The lowest BCUT2D eigenvalue weighted by molar-refractivity contribution is -0.349. The predicted octanol–water partition coefficient (Wildman–Crippen LogP) is -1.09. The maximum absolute atomic E-state index is 9.86. The number of hydrogen-bond donors (Lipinski definition) is 0. The van der Waals surface area contributed by atoms with Crippen molar-refractivity contribution in [3.63, 3.8) is 0 Å². The Morgan fingerprint density at radius 1 is 1.71 bits per heavy atom. The van der Waals surface area contributed by atoms with Crippen LogP contribution in [0.3, 0.4) is 0 Å². The molecule has 0 rings (SSSR count). The summed E-state index contributed by atoms with van der Waals surface area (Å²) < 4.78 is -0.396. The van der Waals surface area contributed by atoms with E-state index in [0.29, 0.717) is 6.42 Å². The Bertz CT molecular complexity index is 50.2. The van der Waals surface area contributed by atoms with Crippen LogP contribution in [0.1, 0.15) is 13.3 Å². The first-order valence-corrected chi connectivity index (χ1v) is 3.05. The molecule has 0 heterocycles. The van der Waals surface area contributed by atoms with Gasteiger partial charge in [-0.25, -0.2) is 0 Å². The van der Waals surface area contributed by atoms with Gasteiger partial charge in [-0.2, -0.15) is 0 Å². The Morgan fingerprint density at radius 2 is 2.14 bits per heavy atom. The lowest BCUT2D eigenvalue weighted by atomic mass is 9.85. The van der Waals surface area contributed by atoms with E-state index in [2.05, 4.69) is 15.9 Å². The molecule has 42 valence electrons. The van der Waals surface area contributed by atoms with Crippen molar-refractivity contribution < 1.29 is 10.0 Å². The van der Waals surface area contributed by atoms with Gasteiger partial charge in [-0.3, -0.25) is 0 Å². The van der Waals surface area contributed by atoms with E-state index in [0.717, 1.165) is 0 Å². The van der Waals surface area contributed by atoms with Crippen molar-refractivity contribution in [2.24, 2.45) is 0 Å². The Balaban J connectivity index is 3.14. The van der Waals surface area contributed by atoms with Crippen molar-refractivity contribution in [3.8, 4) is 0 Å². The fourth-order valence-electron chi connectivity index (χ4n) is 0.192. The minimum atomic E-state index is -1.72. The Morgan fingerprint density at radius 3 is 2.14 bits per heavy atom. The summed E-state index contributed by atoms with van der Waals surface area (Å²) in [6.45, 7) is 1.79. The smallest absolute Gasteiger partial charge is 0.0493 e. The highest BCUT2D eigenvalue weighted by atomic mass is 79.9. The standard InChI is InChI=1S/C3H6BBrO2/c1-2-3(5)4(6)7/h3H,2H2,1H3/q-2. The molecule has 2 nitrogen and oxygen atoms in total. The molecule has 0 aromatic heterocycles. The van der Waals surface area contributed by atoms with Gasteiger partial charge in [0, 0.05) is 0 Å². The van der Waals surface area contributed by atoms with Crippen LogP contribution >= 0.6 is 15.9 Å². The van der Waals surface area contributed by atoms with Crippen LogP contribution in [0.4, 0.5) is 0 Å². The molecule has 0 bridgehead atoms. The minimum absolute atomic E-state index is 0.396. The summed E-state index contributed by atoms with van der Waals surface area (Å²) in [5.74, 6) is 0. The molecule has 0 aromatic rings. The van der Waals surface area contributed by atoms with Crippen LogP contribution in [0.25, 0.3) is 0 Å². The third kappa shape index (κ3) is 3.08. The molecule has 1 atom stereocenters. The monoisotopic (exact) mass is 164 g/mol. The fourth-order valence-corrected chi connectivity index (χ4v) is 0.192. The van der Waals surface area contributed by atoms with Gasteiger partial charge >= 0.3 is 0 Å². The zero-order chi connectivity index (χ0) is 5.86. The lowest BCUT2D eigenvalue weighted by Gasteiger charge is -2.31. The molecule has 1 unspecified atom stereocenters. The lowest BCUT2D eigenvalue weighted by Crippen LogP contribution is -2.52. The molecule has 0 aliphatic rings. The second kappa shape index (κ2) is 3.46. The van der Waals surface area contributed by atoms with Crippen molar-refractivity contribution in [2.75, 3.05) is 0 Å². The van der Waals surface area contributed by atoms with E-state index >= 15 is 0 Å². The summed E-state index contributed by atoms with van der Waals surface area (Å²) >= 11 is 2.92. The van der Waals surface area contributed by atoms with Crippen LogP contribution in [-0.2, 0) is 0 Å². The molecule has 0 aliphatic carbocycles. The van der Waals surface area contributed by atoms with E-state index in [9.17, 15) is 10.0 Å². The van der Waals surface area contributed by atoms with Crippen LogP contribution in [0.15, 0.2) is 0 Å². The summed E-state index contributed by atoms with van der Waals surface area (Å²) in [6, 6.07) is 0. The van der Waals surface area contributed by atoms with Gasteiger partial charge in [0.05, 0.1) is 0 Å². The molecular weight excluding hydrogens is 159 g/mol. The van der Waals surface area contributed by atoms with Crippen LogP contribution in [0, 0.1) is 0 Å². The van der Waals surface area contributed by atoms with Gasteiger partial charge < -0.3 is 10.0 Å². The SMILES string of the molecule is CCC(Br)B([O-])[O-]. The molecule has 0 aliphatic heterocycles. The van der Waals surface area contributed by atoms with E-state index < -0.39 is 11.8 Å². The fraction of sp³-hybridized carbons (Fsp3) is 1.00. The summed E-state index contributed by atoms with van der Waals surface area (Å²) in [5.41, 5.74) is 0. The Hall–Kier alpha value is 0.465. The topological polar surface area (TPSA) is 46.1 Å². The van der Waals surface area contributed by atoms with Gasteiger partial charge in [0.2, 0.25) is 0 Å². The molecule has 0 N–H and O–H groups in total. The van der Waals surface area contributed by atoms with E-state index in [1.54, 1.807) is 6.92 Å². The molecule has 0 saturated heterocycles. The number of halogens is 1. The van der Waals surface area contributed by atoms with Crippen LogP contribution < -0.4 is 10.0 Å². The highest BCUT2D eigenvalue weighted by Crippen LogP contribution is 2.00. The average molecular weight is 165 g/mol. The predicted molar refractivity (Wildman–Crippen MR) is 28.8 cm³/mol. The van der Waals surface area contributed by atoms with Gasteiger partial charge in [-0.05, 0) is 4.73 Å². The van der Waals surface area contributed by atoms with E-state index in [4.69, 9.17) is 0 Å². The maximum Gasteiger partial charge on any atom is -0.0493 e. The number of alkyl halides is 1. The largest absolute Gasteiger partial charge is 0.892 e. The summed E-state index contributed by atoms with van der Waals surface area (Å²) in [5, 5.41) is 19.7. The molecule has 0 spiro atoms. The number of hydrogen-bond acceptors (Lipinski definition) is 2. The zero-order valence-corrected chi connectivity index (χ0v) is 5.64. The van der Waals surface area contributed by atoms with Gasteiger partial charge in [0.25, 0.3) is 0 Å². The van der Waals surface area contributed by atoms with Crippen LogP contribution in [0.2, 0.25) is 0 Å². The maximum atomic E-state index is 9.86. The van der Waals surface area contributed by atoms with E-state index in [1.807, 2.05) is 0 Å². The van der Waals surface area contributed by atoms with Gasteiger partial charge in [-0.15, -0.1) is 15.9 Å². The quantitative estimate of drug-likeness (QED) is 0.385. The molecule has 7 heavy (non-hydrogen) atoms. The van der Waals surface area contributed by atoms with Gasteiger partial charge in [-0.1, -0.05) is 20.5 Å². The first kappa shape index (κ1) is 7.46. The Labute approximate surface area is 51.8 Å². The number of rotatable bonds is 2. The molecule has 0 aromatic carbocycles. The third-order valence-corrected chi connectivity index (χ3v) is 1.76. The second-order valence-corrected chi connectivity index (χ2v) is 2.47. The van der Waals surface area contributed by atoms with E-state index in [-0.39, 0.29) is 0 Å². The normalized spacial score (nSPS) is 13.7. The van der Waals surface area contributed by atoms with E-state index in [1.165, 1.54) is 0 Å². The van der Waals surface area contributed by atoms with Crippen molar-refractivity contribution in [2.45, 2.75) is 18.1 Å². The summed E-state index contributed by atoms with van der Waals surface area (Å²) in [7, 11) is -1.72. The summed E-state index contributed by atoms with van der Waals surface area (Å²) in [4.78, 5) is 0. The third-order valence-electron chi connectivity index (χ3n) is 0.685. The summed E-state index contributed by atoms with van der Waals surface area (Å²) in [6.07, 6.45) is 0.609. The van der Waals surface area contributed by atoms with Gasteiger partial charge in [0.15, 0.2) is 0 Å². The van der Waals surface area contributed by atoms with Crippen LogP contribution in [-0.4, -0.2) is 11.8 Å². The first-order valence-electron chi connectivity index (χ1n) is 2.14. The Kier molecular flexibility index (Phi) is 3.69. The van der Waals surface area contributed by atoms with Gasteiger partial charge in [0.1, 0.15) is 0 Å². The second-order valence-electron chi connectivity index (χ2n) is 1.29. The molecule has 0 radical (unpaired) electrons. The molecule has 0 amide bonds. The first-order chi connectivity index (χ1) is 3.18. The molecule has 0 fully saturated rings.